The summed E-state index contributed by atoms with van der Waals surface area (Å²) < 4.78 is 0. The zero-order valence-corrected chi connectivity index (χ0v) is 38.9. The van der Waals surface area contributed by atoms with Gasteiger partial charge in [0.1, 0.15) is 0 Å². The number of hydrogen-bond acceptors (Lipinski definition) is 0. The van der Waals surface area contributed by atoms with E-state index >= 15 is 0 Å². The second kappa shape index (κ2) is 42.5. The van der Waals surface area contributed by atoms with Crippen LogP contribution in [0, 0.1) is 0 Å². The maximum absolute atomic E-state index is 2.38. The van der Waals surface area contributed by atoms with Crippen molar-refractivity contribution < 1.29 is 0 Å². The van der Waals surface area contributed by atoms with Gasteiger partial charge in [-0.25, -0.2) is 0 Å². The first-order chi connectivity index (χ1) is 24.1. The molecule has 0 radical (unpaired) electrons. The lowest BCUT2D eigenvalue weighted by atomic mass is 10.2. The van der Waals surface area contributed by atoms with Gasteiger partial charge >= 0.3 is 0 Å². The van der Waals surface area contributed by atoms with Crippen molar-refractivity contribution in [3.05, 3.63) is 0 Å². The summed E-state index contributed by atoms with van der Waals surface area (Å²) >= 11 is 0. The molecule has 0 aliphatic heterocycles. The van der Waals surface area contributed by atoms with Crippen LogP contribution < -0.4 is 0 Å². The van der Waals surface area contributed by atoms with E-state index in [4.69, 9.17) is 0 Å². The molecule has 0 heterocycles. The lowest BCUT2D eigenvalue weighted by Gasteiger charge is -2.24. The Morgan fingerprint density at radius 3 is 0.449 bits per heavy atom. The van der Waals surface area contributed by atoms with Gasteiger partial charge in [-0.1, -0.05) is 157 Å². The van der Waals surface area contributed by atoms with Crippen molar-refractivity contribution in [1.29, 1.82) is 0 Å². The van der Waals surface area contributed by atoms with E-state index in [0.29, 0.717) is 23.8 Å². The Morgan fingerprint density at radius 2 is 0.306 bits per heavy atom. The first kappa shape index (κ1) is 50.7. The summed E-state index contributed by atoms with van der Waals surface area (Å²) in [5, 5.41) is 0. The van der Waals surface area contributed by atoms with Gasteiger partial charge in [-0.2, -0.15) is 0 Å². The van der Waals surface area contributed by atoms with Crippen LogP contribution in [0.3, 0.4) is 0 Å². The van der Waals surface area contributed by atoms with E-state index in [2.05, 4.69) is 41.5 Å². The van der Waals surface area contributed by atoms with Crippen molar-refractivity contribution in [2.24, 2.45) is 0 Å². The molecule has 0 amide bonds. The SMILES string of the molecule is CCCCCCP(CCCCCC)CCCP(CCCP(CCCCCC)CCCCCC)CCCP(CCCCCC)CCCCCC. The third-order valence-electron chi connectivity index (χ3n) is 10.8. The molecule has 0 aromatic rings. The molecule has 0 saturated heterocycles. The Morgan fingerprint density at radius 1 is 0.163 bits per heavy atom. The standard InChI is InChI=1S/C45H96P4/c1-7-13-19-25-34-46(35-26-20-14-8-2)40-31-43-49(44-32-41-47(36-27-21-15-9-3)37-28-22-16-10-4)45-33-42-48(38-29-23-17-11-5)39-30-24-18-12-6/h7-45H2,1-6H3. The maximum atomic E-state index is 2.38. The topological polar surface area (TPSA) is 0 Å². The number of hydrogen-bond donors (Lipinski definition) is 0. The van der Waals surface area contributed by atoms with Crippen molar-refractivity contribution in [2.75, 3.05) is 73.9 Å². The van der Waals surface area contributed by atoms with Crippen LogP contribution in [0.1, 0.15) is 215 Å². The van der Waals surface area contributed by atoms with Crippen LogP contribution in [0.4, 0.5) is 0 Å². The molecule has 296 valence electrons. The number of unbranched alkanes of at least 4 members (excludes halogenated alkanes) is 18. The van der Waals surface area contributed by atoms with E-state index in [1.807, 2.05) is 0 Å². The van der Waals surface area contributed by atoms with Crippen molar-refractivity contribution in [1.82, 2.24) is 0 Å². The first-order valence-corrected chi connectivity index (χ1v) is 30.6. The predicted octanol–water partition coefficient (Wildman–Crippen LogP) is 17.6. The smallest absolute Gasteiger partial charge is 0.0323 e. The average molecular weight is 761 g/mol. The highest BCUT2D eigenvalue weighted by molar-refractivity contribution is 7.59. The lowest BCUT2D eigenvalue weighted by molar-refractivity contribution is 0.695. The molecule has 0 atom stereocenters. The average Bonchev–Trinajstić information content (AvgIpc) is 3.11. The molecular weight excluding hydrogens is 664 g/mol. The van der Waals surface area contributed by atoms with Gasteiger partial charge in [-0.05, 0) is 132 Å². The summed E-state index contributed by atoms with van der Waals surface area (Å²) in [6, 6.07) is 0. The predicted molar refractivity (Wildman–Crippen MR) is 245 cm³/mol. The largest absolute Gasteiger partial charge is 0.107 e. The van der Waals surface area contributed by atoms with E-state index < -0.39 is 0 Å². The van der Waals surface area contributed by atoms with Gasteiger partial charge in [-0.15, -0.1) is 31.7 Å². The van der Waals surface area contributed by atoms with E-state index in [0.717, 1.165) is 0 Å². The monoisotopic (exact) mass is 761 g/mol. The molecule has 0 aliphatic carbocycles. The molecule has 0 unspecified atom stereocenters. The summed E-state index contributed by atoms with van der Waals surface area (Å²) in [6.45, 7) is 14.3. The highest BCUT2D eigenvalue weighted by atomic mass is 31.1. The fraction of sp³-hybridized carbons (Fsp3) is 1.00. The third kappa shape index (κ3) is 36.5. The van der Waals surface area contributed by atoms with Crippen LogP contribution in [0.2, 0.25) is 0 Å². The van der Waals surface area contributed by atoms with Crippen molar-refractivity contribution in [2.45, 2.75) is 215 Å². The van der Waals surface area contributed by atoms with Gasteiger partial charge in [0.05, 0.1) is 0 Å². The molecule has 0 aromatic heterocycles. The summed E-state index contributed by atoms with van der Waals surface area (Å²) in [5.41, 5.74) is 0. The fourth-order valence-corrected chi connectivity index (χ4v) is 18.6. The Bertz CT molecular complexity index is 482. The van der Waals surface area contributed by atoms with E-state index in [-0.39, 0.29) is 7.92 Å². The van der Waals surface area contributed by atoms with Crippen LogP contribution in [0.25, 0.3) is 0 Å². The lowest BCUT2D eigenvalue weighted by Crippen LogP contribution is -2.05. The highest BCUT2D eigenvalue weighted by Crippen LogP contribution is 2.47. The van der Waals surface area contributed by atoms with Crippen molar-refractivity contribution >= 4 is 31.7 Å². The van der Waals surface area contributed by atoms with Crippen LogP contribution in [0.5, 0.6) is 0 Å². The van der Waals surface area contributed by atoms with Crippen LogP contribution in [-0.2, 0) is 0 Å². The summed E-state index contributed by atoms with van der Waals surface area (Å²) in [4.78, 5) is 0. The maximum Gasteiger partial charge on any atom is -0.0323 e. The summed E-state index contributed by atoms with van der Waals surface area (Å²) in [6.07, 6.45) is 59.4. The molecule has 0 bridgehead atoms. The summed E-state index contributed by atoms with van der Waals surface area (Å²) in [7, 11) is 1.18. The van der Waals surface area contributed by atoms with E-state index in [9.17, 15) is 0 Å². The van der Waals surface area contributed by atoms with Crippen LogP contribution >= 0.6 is 31.7 Å². The Hall–Kier alpha value is 1.72. The molecule has 0 rings (SSSR count). The molecule has 0 fully saturated rings. The van der Waals surface area contributed by atoms with Gasteiger partial charge in [0.15, 0.2) is 0 Å². The Labute approximate surface area is 319 Å². The minimum atomic E-state index is 0.267. The minimum absolute atomic E-state index is 0.267. The molecule has 0 N–H and O–H groups in total. The molecule has 4 heteroatoms. The van der Waals surface area contributed by atoms with Gasteiger partial charge in [0.25, 0.3) is 0 Å². The van der Waals surface area contributed by atoms with Gasteiger partial charge < -0.3 is 0 Å². The van der Waals surface area contributed by atoms with E-state index in [1.165, 1.54) is 154 Å². The minimum Gasteiger partial charge on any atom is -0.107 e. The second-order valence-electron chi connectivity index (χ2n) is 15.8. The van der Waals surface area contributed by atoms with E-state index in [1.54, 1.807) is 93.2 Å². The van der Waals surface area contributed by atoms with Gasteiger partial charge in [0, 0.05) is 0 Å². The van der Waals surface area contributed by atoms with Crippen molar-refractivity contribution in [3.63, 3.8) is 0 Å². The Balaban J connectivity index is 5.25. The summed E-state index contributed by atoms with van der Waals surface area (Å²) in [5.74, 6) is 0. The van der Waals surface area contributed by atoms with Gasteiger partial charge in [-0.3, -0.25) is 0 Å². The molecule has 0 aliphatic rings. The molecule has 0 nitrogen and oxygen atoms in total. The Kier molecular flexibility index (Phi) is 44.0. The molecule has 0 spiro atoms. The second-order valence-corrected chi connectivity index (χ2v) is 26.5. The van der Waals surface area contributed by atoms with Crippen molar-refractivity contribution in [3.8, 4) is 0 Å². The zero-order chi connectivity index (χ0) is 35.9. The fourth-order valence-electron chi connectivity index (χ4n) is 7.47. The first-order valence-electron chi connectivity index (χ1n) is 23.0. The van der Waals surface area contributed by atoms with Gasteiger partial charge in [0.2, 0.25) is 0 Å². The third-order valence-corrected chi connectivity index (χ3v) is 22.2. The zero-order valence-electron chi connectivity index (χ0n) is 35.4. The molecule has 0 saturated carbocycles. The van der Waals surface area contributed by atoms with Crippen LogP contribution in [-0.4, -0.2) is 73.9 Å². The highest BCUT2D eigenvalue weighted by Gasteiger charge is 2.15. The molecule has 49 heavy (non-hydrogen) atoms. The quantitative estimate of drug-likeness (QED) is 0.0429. The van der Waals surface area contributed by atoms with Crippen LogP contribution in [0.15, 0.2) is 0 Å². The number of rotatable bonds is 42. The molecule has 0 aromatic carbocycles. The normalized spacial score (nSPS) is 12.1. The molecular formula is C45H96P4.